The van der Waals surface area contributed by atoms with Crippen molar-refractivity contribution >= 4 is 11.8 Å². The van der Waals surface area contributed by atoms with Gasteiger partial charge in [0.15, 0.2) is 0 Å². The van der Waals surface area contributed by atoms with Crippen LogP contribution in [0.25, 0.3) is 0 Å². The number of nitrogens with zero attached hydrogens (tertiary/aromatic N) is 1. The molecule has 0 radical (unpaired) electrons. The average molecular weight is 579 g/mol. The molecule has 3 rings (SSSR count). The average Bonchev–Trinajstić information content (AvgIpc) is 3.43. The first-order chi connectivity index (χ1) is 19.5. The second-order valence-corrected chi connectivity index (χ2v) is 10.3. The van der Waals surface area contributed by atoms with Crippen LogP contribution in [0, 0.1) is 25.5 Å². The molecule has 2 aromatic rings. The summed E-state index contributed by atoms with van der Waals surface area (Å²) in [7, 11) is 0. The molecule has 0 aliphatic carbocycles. The number of aryl methyl sites for hydroxylation is 2. The number of carbonyl (C=O) groups is 2. The molecule has 0 spiro atoms. The van der Waals surface area contributed by atoms with E-state index < -0.39 is 29.7 Å². The Bertz CT molecular complexity index is 1050. The van der Waals surface area contributed by atoms with Crippen LogP contribution in [-0.4, -0.2) is 84.7 Å². The highest BCUT2D eigenvalue weighted by molar-refractivity contribution is 6.00. The number of rotatable bonds is 13. The fourth-order valence-corrected chi connectivity index (χ4v) is 4.41. The minimum Gasteiger partial charge on any atom is -0.388 e. The minimum atomic E-state index is -1.17. The molecular weight excluding hydrogens is 534 g/mol. The molecule has 41 heavy (non-hydrogen) atoms. The van der Waals surface area contributed by atoms with E-state index in [0.29, 0.717) is 36.4 Å². The summed E-state index contributed by atoms with van der Waals surface area (Å²) in [5, 5.41) is 22.9. The van der Waals surface area contributed by atoms with Gasteiger partial charge in [-0.15, -0.1) is 0 Å². The van der Waals surface area contributed by atoms with E-state index in [1.54, 1.807) is 30.0 Å². The maximum absolute atomic E-state index is 12.9. The molecule has 2 aromatic carbocycles. The third kappa shape index (κ3) is 12.2. The first kappa shape index (κ1) is 34.3. The third-order valence-electron chi connectivity index (χ3n) is 6.40. The molecule has 8 nitrogen and oxygen atoms in total. The highest BCUT2D eigenvalue weighted by Gasteiger charge is 2.21. The lowest BCUT2D eigenvalue weighted by atomic mass is 10.0. The molecule has 3 unspecified atom stereocenters. The van der Waals surface area contributed by atoms with Crippen LogP contribution in [0.4, 0.5) is 8.78 Å². The number of hydrogen-bond donors (Lipinski definition) is 3. The van der Waals surface area contributed by atoms with E-state index in [1.165, 1.54) is 12.1 Å². The number of aliphatic hydroxyl groups excluding tert-OH is 2. The third-order valence-corrected chi connectivity index (χ3v) is 6.40. The van der Waals surface area contributed by atoms with Crippen molar-refractivity contribution in [2.45, 2.75) is 71.7 Å². The maximum Gasteiger partial charge on any atom is 0.253 e. The standard InChI is InChI=1S/C24H38N2O6.C7H6F2/c1-4-8-26(9-5-2)24(30)19-12-17(3)11-18(13-19)23(29)25-14-21(27)22(28)16-31-15-20-7-6-10-32-20;1-5-2-6(8)4-7(9)3-5/h11-13,20-22,27-28H,4-10,14-16H2,1-3H3,(H,25,29);2-4H,1H3. The van der Waals surface area contributed by atoms with Gasteiger partial charge in [0.2, 0.25) is 0 Å². The lowest BCUT2D eigenvalue weighted by Gasteiger charge is -2.22. The summed E-state index contributed by atoms with van der Waals surface area (Å²) in [5.41, 5.74) is 2.22. The Balaban J connectivity index is 0.000000553. The summed E-state index contributed by atoms with van der Waals surface area (Å²) < 4.78 is 35.2. The van der Waals surface area contributed by atoms with E-state index in [1.807, 2.05) is 20.8 Å². The van der Waals surface area contributed by atoms with Crippen LogP contribution in [0.15, 0.2) is 36.4 Å². The van der Waals surface area contributed by atoms with Crippen LogP contribution in [0.5, 0.6) is 0 Å². The molecule has 2 amide bonds. The number of amides is 2. The highest BCUT2D eigenvalue weighted by atomic mass is 19.1. The van der Waals surface area contributed by atoms with Crippen LogP contribution in [-0.2, 0) is 9.47 Å². The van der Waals surface area contributed by atoms with E-state index in [4.69, 9.17) is 9.47 Å². The number of ether oxygens (including phenoxy) is 2. The van der Waals surface area contributed by atoms with Gasteiger partial charge in [0.1, 0.15) is 17.7 Å². The summed E-state index contributed by atoms with van der Waals surface area (Å²) in [6.07, 6.45) is 1.42. The Labute approximate surface area is 241 Å². The van der Waals surface area contributed by atoms with E-state index >= 15 is 0 Å². The topological polar surface area (TPSA) is 108 Å². The highest BCUT2D eigenvalue weighted by Crippen LogP contribution is 2.14. The van der Waals surface area contributed by atoms with Crippen molar-refractivity contribution < 1.29 is 38.1 Å². The van der Waals surface area contributed by atoms with Crippen molar-refractivity contribution in [3.05, 3.63) is 70.3 Å². The van der Waals surface area contributed by atoms with Crippen molar-refractivity contribution in [2.24, 2.45) is 0 Å². The SMILES string of the molecule is CCCN(CCC)C(=O)c1cc(C)cc(C(=O)NCC(O)C(O)COCC2CCCO2)c1.Cc1cc(F)cc(F)c1. The number of aliphatic hydroxyl groups is 2. The second-order valence-electron chi connectivity index (χ2n) is 10.3. The zero-order chi connectivity index (χ0) is 30.4. The van der Waals surface area contributed by atoms with Crippen molar-refractivity contribution in [1.29, 1.82) is 0 Å². The van der Waals surface area contributed by atoms with Crippen molar-refractivity contribution in [3.8, 4) is 0 Å². The van der Waals surface area contributed by atoms with Crippen LogP contribution >= 0.6 is 0 Å². The van der Waals surface area contributed by atoms with Gasteiger partial charge < -0.3 is 29.9 Å². The van der Waals surface area contributed by atoms with Gasteiger partial charge in [-0.1, -0.05) is 13.8 Å². The minimum absolute atomic E-state index is 0.0370. The molecule has 0 aromatic heterocycles. The summed E-state index contributed by atoms with van der Waals surface area (Å²) >= 11 is 0. The lowest BCUT2D eigenvalue weighted by Crippen LogP contribution is -2.41. The zero-order valence-corrected chi connectivity index (χ0v) is 24.5. The normalized spacial score (nSPS) is 16.0. The first-order valence-electron chi connectivity index (χ1n) is 14.2. The number of nitrogens with one attached hydrogen (secondary N) is 1. The Hall–Kier alpha value is -2.92. The molecule has 0 saturated carbocycles. The van der Waals surface area contributed by atoms with Gasteiger partial charge in [-0.25, -0.2) is 8.78 Å². The molecule has 10 heteroatoms. The van der Waals surface area contributed by atoms with Gasteiger partial charge in [0.25, 0.3) is 11.8 Å². The van der Waals surface area contributed by atoms with E-state index in [0.717, 1.165) is 43.9 Å². The van der Waals surface area contributed by atoms with E-state index in [2.05, 4.69) is 5.32 Å². The molecule has 1 aliphatic heterocycles. The van der Waals surface area contributed by atoms with Gasteiger partial charge in [-0.2, -0.15) is 0 Å². The smallest absolute Gasteiger partial charge is 0.253 e. The number of hydrogen-bond acceptors (Lipinski definition) is 6. The molecule has 228 valence electrons. The predicted molar refractivity (Wildman–Crippen MR) is 153 cm³/mol. The Morgan fingerprint density at radius 2 is 1.59 bits per heavy atom. The summed E-state index contributed by atoms with van der Waals surface area (Å²) in [5.74, 6) is -1.54. The summed E-state index contributed by atoms with van der Waals surface area (Å²) in [6.45, 7) is 9.81. The Morgan fingerprint density at radius 1 is 0.976 bits per heavy atom. The summed E-state index contributed by atoms with van der Waals surface area (Å²) in [6, 6.07) is 8.47. The first-order valence-corrected chi connectivity index (χ1v) is 14.2. The van der Waals surface area contributed by atoms with Gasteiger partial charge in [-0.3, -0.25) is 9.59 Å². The molecule has 1 heterocycles. The fraction of sp³-hybridized carbons (Fsp3) is 0.548. The van der Waals surface area contributed by atoms with Gasteiger partial charge in [0.05, 0.1) is 25.4 Å². The van der Waals surface area contributed by atoms with Crippen LogP contribution in [0.1, 0.15) is 71.4 Å². The molecule has 3 atom stereocenters. The molecule has 1 fully saturated rings. The van der Waals surface area contributed by atoms with Crippen molar-refractivity contribution in [1.82, 2.24) is 10.2 Å². The number of benzene rings is 2. The van der Waals surface area contributed by atoms with Gasteiger partial charge in [-0.05, 0) is 81.0 Å². The lowest BCUT2D eigenvalue weighted by molar-refractivity contribution is -0.0567. The molecular formula is C31H44F2N2O6. The largest absolute Gasteiger partial charge is 0.388 e. The molecule has 1 saturated heterocycles. The summed E-state index contributed by atoms with van der Waals surface area (Å²) in [4.78, 5) is 27.3. The van der Waals surface area contributed by atoms with Crippen molar-refractivity contribution in [3.63, 3.8) is 0 Å². The molecule has 0 bridgehead atoms. The van der Waals surface area contributed by atoms with E-state index in [9.17, 15) is 28.6 Å². The molecule has 3 N–H and O–H groups in total. The second kappa shape index (κ2) is 17.8. The van der Waals surface area contributed by atoms with Crippen LogP contribution in [0.2, 0.25) is 0 Å². The van der Waals surface area contributed by atoms with Gasteiger partial charge in [0, 0.05) is 43.4 Å². The quantitative estimate of drug-likeness (QED) is 0.329. The Morgan fingerprint density at radius 3 is 2.15 bits per heavy atom. The number of carbonyl (C=O) groups excluding carboxylic acids is 2. The maximum atomic E-state index is 12.9. The predicted octanol–water partition coefficient (Wildman–Crippen LogP) is 4.18. The van der Waals surface area contributed by atoms with Crippen molar-refractivity contribution in [2.75, 3.05) is 39.5 Å². The van der Waals surface area contributed by atoms with Gasteiger partial charge >= 0.3 is 0 Å². The zero-order valence-electron chi connectivity index (χ0n) is 24.5. The Kier molecular flexibility index (Phi) is 14.9. The van der Waals surface area contributed by atoms with Crippen LogP contribution in [0.3, 0.4) is 0 Å². The van der Waals surface area contributed by atoms with E-state index in [-0.39, 0.29) is 25.2 Å². The molecule has 1 aliphatic rings. The monoisotopic (exact) mass is 578 g/mol. The van der Waals surface area contributed by atoms with Crippen LogP contribution < -0.4 is 5.32 Å². The number of halogens is 2. The fourth-order valence-electron chi connectivity index (χ4n) is 4.41.